The van der Waals surface area contributed by atoms with E-state index in [2.05, 4.69) is 10.1 Å². The minimum Gasteiger partial charge on any atom is -0.494 e. The number of nitrogens with zero attached hydrogens (tertiary/aromatic N) is 4. The lowest BCUT2D eigenvalue weighted by Gasteiger charge is -2.05. The zero-order valence-electron chi connectivity index (χ0n) is 11.4. The molecular formula is C14H15ClN4O. The Labute approximate surface area is 121 Å². The molecule has 0 radical (unpaired) electrons. The number of para-hydroxylation sites is 1. The lowest BCUT2D eigenvalue weighted by molar-refractivity contribution is 0.419. The summed E-state index contributed by atoms with van der Waals surface area (Å²) < 4.78 is 9.18. The highest BCUT2D eigenvalue weighted by atomic mass is 35.5. The van der Waals surface area contributed by atoms with Gasteiger partial charge in [-0.25, -0.2) is 4.98 Å². The maximum atomic E-state index is 5.89. The number of fused-ring (bicyclic) bond motifs is 1. The Morgan fingerprint density at radius 2 is 2.15 bits per heavy atom. The fraction of sp³-hybridized carbons (Fsp3) is 0.286. The highest BCUT2D eigenvalue weighted by Crippen LogP contribution is 2.28. The summed E-state index contributed by atoms with van der Waals surface area (Å²) in [7, 11) is 3.54. The fourth-order valence-corrected chi connectivity index (χ4v) is 2.49. The first-order valence-corrected chi connectivity index (χ1v) is 6.88. The summed E-state index contributed by atoms with van der Waals surface area (Å²) in [6.45, 7) is 0. The second kappa shape index (κ2) is 5.17. The molecule has 0 fully saturated rings. The lowest BCUT2D eigenvalue weighted by Crippen LogP contribution is -2.03. The molecule has 0 saturated carbocycles. The quantitative estimate of drug-likeness (QED) is 0.694. The van der Waals surface area contributed by atoms with Crippen molar-refractivity contribution in [2.75, 3.05) is 13.0 Å². The monoisotopic (exact) mass is 290 g/mol. The Morgan fingerprint density at radius 1 is 1.30 bits per heavy atom. The van der Waals surface area contributed by atoms with E-state index >= 15 is 0 Å². The normalized spacial score (nSPS) is 11.2. The molecule has 0 amide bonds. The summed E-state index contributed by atoms with van der Waals surface area (Å²) in [4.78, 5) is 4.66. The Kier molecular flexibility index (Phi) is 3.36. The van der Waals surface area contributed by atoms with Crippen LogP contribution >= 0.6 is 11.6 Å². The van der Waals surface area contributed by atoms with Crippen LogP contribution in [-0.2, 0) is 13.5 Å². The zero-order chi connectivity index (χ0) is 14.1. The lowest BCUT2D eigenvalue weighted by atomic mass is 10.3. The number of aromatic nitrogens is 4. The van der Waals surface area contributed by atoms with Crippen LogP contribution in [0.5, 0.6) is 5.75 Å². The van der Waals surface area contributed by atoms with Gasteiger partial charge in [0.05, 0.1) is 12.6 Å². The maximum absolute atomic E-state index is 5.89. The SMILES string of the molecule is COc1cccc2c1nc(CCCl)n2-c1ccn(C)n1. The van der Waals surface area contributed by atoms with Crippen LogP contribution in [-0.4, -0.2) is 32.3 Å². The molecule has 104 valence electrons. The molecule has 0 N–H and O–H groups in total. The van der Waals surface area contributed by atoms with Crippen molar-refractivity contribution in [2.24, 2.45) is 7.05 Å². The van der Waals surface area contributed by atoms with Crippen molar-refractivity contribution in [1.82, 2.24) is 19.3 Å². The summed E-state index contributed by atoms with van der Waals surface area (Å²) in [6.07, 6.45) is 2.59. The molecule has 1 aromatic carbocycles. The zero-order valence-corrected chi connectivity index (χ0v) is 12.1. The van der Waals surface area contributed by atoms with E-state index in [1.807, 2.05) is 42.1 Å². The molecule has 0 unspecified atom stereocenters. The molecule has 5 nitrogen and oxygen atoms in total. The number of alkyl halides is 1. The van der Waals surface area contributed by atoms with Crippen molar-refractivity contribution in [2.45, 2.75) is 6.42 Å². The van der Waals surface area contributed by atoms with Crippen LogP contribution in [0.2, 0.25) is 0 Å². The molecule has 3 rings (SSSR count). The van der Waals surface area contributed by atoms with E-state index in [9.17, 15) is 0 Å². The standard InChI is InChI=1S/C14H15ClN4O/c1-18-9-7-13(17-18)19-10-4-3-5-11(20-2)14(10)16-12(19)6-8-15/h3-5,7,9H,6,8H2,1-2H3. The van der Waals surface area contributed by atoms with Crippen LogP contribution in [0.1, 0.15) is 5.82 Å². The van der Waals surface area contributed by atoms with Crippen molar-refractivity contribution in [3.8, 4) is 11.6 Å². The van der Waals surface area contributed by atoms with Gasteiger partial charge >= 0.3 is 0 Å². The van der Waals surface area contributed by atoms with Gasteiger partial charge in [0.25, 0.3) is 0 Å². The van der Waals surface area contributed by atoms with Crippen LogP contribution in [0.25, 0.3) is 16.9 Å². The van der Waals surface area contributed by atoms with E-state index in [0.29, 0.717) is 12.3 Å². The predicted octanol–water partition coefficient (Wildman–Crippen LogP) is 2.55. The first kappa shape index (κ1) is 13.0. The van der Waals surface area contributed by atoms with Gasteiger partial charge in [-0.2, -0.15) is 5.10 Å². The summed E-state index contributed by atoms with van der Waals surface area (Å²) in [5, 5.41) is 4.46. The van der Waals surface area contributed by atoms with E-state index in [0.717, 1.165) is 28.4 Å². The number of aryl methyl sites for hydroxylation is 2. The first-order valence-electron chi connectivity index (χ1n) is 6.35. The van der Waals surface area contributed by atoms with Crippen LogP contribution in [0, 0.1) is 0 Å². The number of hydrogen-bond acceptors (Lipinski definition) is 3. The molecule has 2 heterocycles. The smallest absolute Gasteiger partial charge is 0.160 e. The molecule has 6 heteroatoms. The summed E-state index contributed by atoms with van der Waals surface area (Å²) in [5.41, 5.74) is 1.81. The van der Waals surface area contributed by atoms with E-state index in [4.69, 9.17) is 16.3 Å². The molecule has 0 atom stereocenters. The minimum atomic E-state index is 0.512. The number of ether oxygens (including phenoxy) is 1. The molecule has 0 aliphatic carbocycles. The third kappa shape index (κ3) is 2.04. The van der Waals surface area contributed by atoms with E-state index in [1.54, 1.807) is 11.8 Å². The van der Waals surface area contributed by atoms with Gasteiger partial charge in [-0.1, -0.05) is 6.07 Å². The van der Waals surface area contributed by atoms with Crippen LogP contribution in [0.15, 0.2) is 30.5 Å². The summed E-state index contributed by atoms with van der Waals surface area (Å²) in [5.74, 6) is 2.99. The van der Waals surface area contributed by atoms with Gasteiger partial charge in [0, 0.05) is 31.6 Å². The van der Waals surface area contributed by atoms with Crippen LogP contribution < -0.4 is 4.74 Å². The number of methoxy groups -OCH3 is 1. The largest absolute Gasteiger partial charge is 0.494 e. The van der Waals surface area contributed by atoms with Crippen molar-refractivity contribution < 1.29 is 4.74 Å². The minimum absolute atomic E-state index is 0.512. The van der Waals surface area contributed by atoms with E-state index < -0.39 is 0 Å². The molecule has 2 aromatic heterocycles. The van der Waals surface area contributed by atoms with Crippen molar-refractivity contribution >= 4 is 22.6 Å². The molecule has 0 aliphatic heterocycles. The van der Waals surface area contributed by atoms with E-state index in [-0.39, 0.29) is 0 Å². The number of imidazole rings is 1. The van der Waals surface area contributed by atoms with Crippen molar-refractivity contribution in [3.05, 3.63) is 36.3 Å². The second-order valence-electron chi connectivity index (χ2n) is 4.48. The van der Waals surface area contributed by atoms with Gasteiger partial charge in [-0.3, -0.25) is 9.25 Å². The third-order valence-electron chi connectivity index (χ3n) is 3.18. The van der Waals surface area contributed by atoms with Crippen molar-refractivity contribution in [1.29, 1.82) is 0 Å². The molecule has 0 saturated heterocycles. The second-order valence-corrected chi connectivity index (χ2v) is 4.86. The van der Waals surface area contributed by atoms with Gasteiger partial charge in [-0.15, -0.1) is 11.6 Å². The Balaban J connectivity index is 2.29. The van der Waals surface area contributed by atoms with Gasteiger partial charge < -0.3 is 4.74 Å². The third-order valence-corrected chi connectivity index (χ3v) is 3.37. The number of hydrogen-bond donors (Lipinski definition) is 0. The molecule has 0 bridgehead atoms. The van der Waals surface area contributed by atoms with Crippen molar-refractivity contribution in [3.63, 3.8) is 0 Å². The van der Waals surface area contributed by atoms with Gasteiger partial charge in [0.15, 0.2) is 5.82 Å². The number of benzene rings is 1. The molecule has 20 heavy (non-hydrogen) atoms. The Bertz CT molecular complexity index is 747. The topological polar surface area (TPSA) is 44.9 Å². The molecular weight excluding hydrogens is 276 g/mol. The number of rotatable bonds is 4. The van der Waals surface area contributed by atoms with Gasteiger partial charge in [-0.05, 0) is 12.1 Å². The summed E-state index contributed by atoms with van der Waals surface area (Å²) in [6, 6.07) is 7.82. The fourth-order valence-electron chi connectivity index (χ4n) is 2.32. The first-order chi connectivity index (χ1) is 9.74. The highest BCUT2D eigenvalue weighted by molar-refractivity contribution is 6.17. The van der Waals surface area contributed by atoms with Gasteiger partial charge in [0.2, 0.25) is 0 Å². The molecule has 0 spiro atoms. The average molecular weight is 291 g/mol. The average Bonchev–Trinajstić information content (AvgIpc) is 3.01. The number of halogens is 1. The van der Waals surface area contributed by atoms with Crippen LogP contribution in [0.4, 0.5) is 0 Å². The highest BCUT2D eigenvalue weighted by Gasteiger charge is 2.16. The van der Waals surface area contributed by atoms with Gasteiger partial charge in [0.1, 0.15) is 17.1 Å². The molecule has 0 aliphatic rings. The Morgan fingerprint density at radius 3 is 2.80 bits per heavy atom. The Hall–Kier alpha value is -2.01. The predicted molar refractivity (Wildman–Crippen MR) is 78.8 cm³/mol. The molecule has 3 aromatic rings. The summed E-state index contributed by atoms with van der Waals surface area (Å²) >= 11 is 5.89. The van der Waals surface area contributed by atoms with E-state index in [1.165, 1.54) is 0 Å². The maximum Gasteiger partial charge on any atom is 0.160 e. The van der Waals surface area contributed by atoms with Crippen LogP contribution in [0.3, 0.4) is 0 Å².